The molecule has 1 aromatic rings. The summed E-state index contributed by atoms with van der Waals surface area (Å²) in [6.45, 7) is 0. The van der Waals surface area contributed by atoms with E-state index in [1.807, 2.05) is 24.3 Å². The molecule has 0 N–H and O–H groups in total. The molecule has 0 fully saturated rings. The van der Waals surface area contributed by atoms with Crippen molar-refractivity contribution in [3.05, 3.63) is 29.8 Å². The van der Waals surface area contributed by atoms with Crippen LogP contribution in [0.15, 0.2) is 29.3 Å². The monoisotopic (exact) mass is 237 g/mol. The van der Waals surface area contributed by atoms with E-state index in [4.69, 9.17) is 0 Å². The van der Waals surface area contributed by atoms with Crippen molar-refractivity contribution in [2.75, 3.05) is 5.33 Å². The zero-order chi connectivity index (χ0) is 9.26. The van der Waals surface area contributed by atoms with E-state index in [-0.39, 0.29) is 5.78 Å². The summed E-state index contributed by atoms with van der Waals surface area (Å²) in [5.74, 6) is 0.121. The van der Waals surface area contributed by atoms with Gasteiger partial charge in [-0.05, 0) is 11.6 Å². The lowest BCUT2D eigenvalue weighted by molar-refractivity contribution is -0.112. The lowest BCUT2D eigenvalue weighted by Gasteiger charge is -2.12. The second kappa shape index (κ2) is 3.42. The van der Waals surface area contributed by atoms with Crippen LogP contribution in [0.25, 0.3) is 0 Å². The maximum absolute atomic E-state index is 11.4. The maximum atomic E-state index is 11.4. The van der Waals surface area contributed by atoms with Crippen LogP contribution in [-0.4, -0.2) is 16.8 Å². The average molecular weight is 238 g/mol. The smallest absolute Gasteiger partial charge is 0.182 e. The Morgan fingerprint density at radius 2 is 2.15 bits per heavy atom. The predicted molar refractivity (Wildman–Crippen MR) is 56.0 cm³/mol. The number of carbonyl (C=O) groups excluding carboxylic acids is 1. The van der Waals surface area contributed by atoms with Gasteiger partial charge in [0.05, 0.1) is 11.4 Å². The highest BCUT2D eigenvalue weighted by molar-refractivity contribution is 9.09. The van der Waals surface area contributed by atoms with Gasteiger partial charge in [0, 0.05) is 11.8 Å². The standard InChI is InChI=1S/C10H8BrNO/c11-6-9-10(13)5-7-3-1-2-4-8(7)12-9/h1-4H,5-6H2. The topological polar surface area (TPSA) is 29.4 Å². The van der Waals surface area contributed by atoms with Crippen molar-refractivity contribution in [2.45, 2.75) is 6.42 Å². The summed E-state index contributed by atoms with van der Waals surface area (Å²) < 4.78 is 0. The minimum Gasteiger partial charge on any atom is -0.292 e. The highest BCUT2D eigenvalue weighted by atomic mass is 79.9. The summed E-state index contributed by atoms with van der Waals surface area (Å²) >= 11 is 3.25. The third-order valence-electron chi connectivity index (χ3n) is 2.05. The molecular weight excluding hydrogens is 230 g/mol. The predicted octanol–water partition coefficient (Wildman–Crippen LogP) is 2.28. The van der Waals surface area contributed by atoms with E-state index in [0.717, 1.165) is 11.3 Å². The van der Waals surface area contributed by atoms with Gasteiger partial charge in [-0.3, -0.25) is 4.79 Å². The number of para-hydroxylation sites is 1. The average Bonchev–Trinajstić information content (AvgIpc) is 2.17. The lowest BCUT2D eigenvalue weighted by Crippen LogP contribution is -2.20. The van der Waals surface area contributed by atoms with E-state index >= 15 is 0 Å². The van der Waals surface area contributed by atoms with E-state index in [2.05, 4.69) is 20.9 Å². The molecule has 0 unspecified atom stereocenters. The van der Waals surface area contributed by atoms with E-state index in [9.17, 15) is 4.79 Å². The number of benzene rings is 1. The van der Waals surface area contributed by atoms with Gasteiger partial charge in [0.25, 0.3) is 0 Å². The lowest BCUT2D eigenvalue weighted by atomic mass is 10.0. The van der Waals surface area contributed by atoms with E-state index < -0.39 is 0 Å². The summed E-state index contributed by atoms with van der Waals surface area (Å²) in [5, 5.41) is 0.542. The van der Waals surface area contributed by atoms with E-state index in [1.54, 1.807) is 0 Å². The van der Waals surface area contributed by atoms with Crippen molar-refractivity contribution < 1.29 is 4.79 Å². The number of halogens is 1. The minimum atomic E-state index is 0.121. The van der Waals surface area contributed by atoms with Crippen molar-refractivity contribution in [1.29, 1.82) is 0 Å². The fourth-order valence-electron chi connectivity index (χ4n) is 1.36. The Morgan fingerprint density at radius 1 is 1.38 bits per heavy atom. The molecule has 0 radical (unpaired) electrons. The van der Waals surface area contributed by atoms with Crippen LogP contribution in [0.2, 0.25) is 0 Å². The number of carbonyl (C=O) groups is 1. The molecule has 0 atom stereocenters. The largest absolute Gasteiger partial charge is 0.292 e. The summed E-state index contributed by atoms with van der Waals surface area (Å²) in [4.78, 5) is 15.7. The van der Waals surface area contributed by atoms with Gasteiger partial charge in [-0.1, -0.05) is 34.1 Å². The minimum absolute atomic E-state index is 0.121. The summed E-state index contributed by atoms with van der Waals surface area (Å²) in [5.41, 5.74) is 2.58. The van der Waals surface area contributed by atoms with Crippen molar-refractivity contribution in [3.8, 4) is 0 Å². The first kappa shape index (κ1) is 8.63. The molecule has 0 aliphatic carbocycles. The van der Waals surface area contributed by atoms with Crippen molar-refractivity contribution in [1.82, 2.24) is 0 Å². The summed E-state index contributed by atoms with van der Waals surface area (Å²) in [7, 11) is 0. The molecule has 2 nitrogen and oxygen atoms in total. The molecule has 13 heavy (non-hydrogen) atoms. The number of hydrogen-bond donors (Lipinski definition) is 0. The van der Waals surface area contributed by atoms with Crippen LogP contribution in [0, 0.1) is 0 Å². The normalized spacial score (nSPS) is 15.2. The van der Waals surface area contributed by atoms with Crippen LogP contribution in [0.3, 0.4) is 0 Å². The van der Waals surface area contributed by atoms with Gasteiger partial charge in [-0.25, -0.2) is 4.99 Å². The molecule has 0 bridgehead atoms. The molecule has 1 aliphatic heterocycles. The Labute approximate surface area is 84.8 Å². The van der Waals surface area contributed by atoms with Crippen LogP contribution in [0.4, 0.5) is 5.69 Å². The van der Waals surface area contributed by atoms with E-state index in [1.165, 1.54) is 0 Å². The number of rotatable bonds is 1. The Morgan fingerprint density at radius 3 is 2.92 bits per heavy atom. The highest BCUT2D eigenvalue weighted by Crippen LogP contribution is 2.24. The van der Waals surface area contributed by atoms with Gasteiger partial charge >= 0.3 is 0 Å². The Bertz CT molecular complexity index is 384. The van der Waals surface area contributed by atoms with Crippen LogP contribution in [-0.2, 0) is 11.2 Å². The fourth-order valence-corrected chi connectivity index (χ4v) is 1.79. The number of nitrogens with zero attached hydrogens (tertiary/aromatic N) is 1. The quantitative estimate of drug-likeness (QED) is 0.690. The Kier molecular flexibility index (Phi) is 2.27. The first-order chi connectivity index (χ1) is 6.31. The number of hydrogen-bond acceptors (Lipinski definition) is 2. The Hall–Kier alpha value is -0.960. The number of aliphatic imine (C=N–C) groups is 1. The molecule has 1 aromatic carbocycles. The van der Waals surface area contributed by atoms with Crippen molar-refractivity contribution in [3.63, 3.8) is 0 Å². The molecule has 0 saturated heterocycles. The first-order valence-electron chi connectivity index (χ1n) is 4.06. The van der Waals surface area contributed by atoms with Gasteiger partial charge < -0.3 is 0 Å². The molecule has 0 aromatic heterocycles. The molecule has 0 spiro atoms. The van der Waals surface area contributed by atoms with Crippen molar-refractivity contribution in [2.24, 2.45) is 4.99 Å². The van der Waals surface area contributed by atoms with Crippen LogP contribution in [0.1, 0.15) is 5.56 Å². The molecule has 0 saturated carbocycles. The highest BCUT2D eigenvalue weighted by Gasteiger charge is 2.18. The molecule has 1 heterocycles. The molecule has 66 valence electrons. The number of fused-ring (bicyclic) bond motifs is 1. The summed E-state index contributed by atoms with van der Waals surface area (Å²) in [6, 6.07) is 7.75. The molecule has 3 heteroatoms. The van der Waals surface area contributed by atoms with Gasteiger partial charge in [0.2, 0.25) is 0 Å². The molecule has 2 rings (SSSR count). The van der Waals surface area contributed by atoms with Gasteiger partial charge in [-0.2, -0.15) is 0 Å². The number of alkyl halides is 1. The SMILES string of the molecule is O=C1Cc2ccccc2N=C1CBr. The molecular formula is C10H8BrNO. The zero-order valence-electron chi connectivity index (χ0n) is 6.96. The Balaban J connectivity index is 2.50. The summed E-state index contributed by atoms with van der Waals surface area (Å²) in [6.07, 6.45) is 0.487. The second-order valence-corrected chi connectivity index (χ2v) is 3.48. The number of ketones is 1. The van der Waals surface area contributed by atoms with E-state index in [0.29, 0.717) is 17.5 Å². The van der Waals surface area contributed by atoms with Gasteiger partial charge in [0.1, 0.15) is 0 Å². The van der Waals surface area contributed by atoms with Gasteiger partial charge in [-0.15, -0.1) is 0 Å². The fraction of sp³-hybridized carbons (Fsp3) is 0.200. The van der Waals surface area contributed by atoms with Gasteiger partial charge in [0.15, 0.2) is 5.78 Å². The van der Waals surface area contributed by atoms with Crippen molar-refractivity contribution >= 4 is 33.1 Å². The third-order valence-corrected chi connectivity index (χ3v) is 2.58. The number of Topliss-reactive ketones (excluding diaryl/α,β-unsaturated/α-hetero) is 1. The molecule has 0 amide bonds. The maximum Gasteiger partial charge on any atom is 0.182 e. The zero-order valence-corrected chi connectivity index (χ0v) is 8.54. The van der Waals surface area contributed by atoms with Crippen LogP contribution < -0.4 is 0 Å². The van der Waals surface area contributed by atoms with Crippen LogP contribution >= 0.6 is 15.9 Å². The molecule has 1 aliphatic rings. The first-order valence-corrected chi connectivity index (χ1v) is 5.18. The van der Waals surface area contributed by atoms with Crippen LogP contribution in [0.5, 0.6) is 0 Å². The third kappa shape index (κ3) is 1.56. The second-order valence-electron chi connectivity index (χ2n) is 2.92.